The van der Waals surface area contributed by atoms with Gasteiger partial charge in [-0.3, -0.25) is 4.79 Å². The Morgan fingerprint density at radius 2 is 2.19 bits per heavy atom. The first-order valence-electron chi connectivity index (χ1n) is 7.80. The van der Waals surface area contributed by atoms with Crippen molar-refractivity contribution in [3.05, 3.63) is 11.7 Å². The zero-order chi connectivity index (χ0) is 14.9. The van der Waals surface area contributed by atoms with E-state index in [4.69, 9.17) is 9.26 Å². The first-order valence-corrected chi connectivity index (χ1v) is 7.80. The van der Waals surface area contributed by atoms with Crippen LogP contribution in [-0.4, -0.2) is 40.2 Å². The van der Waals surface area contributed by atoms with Crippen molar-refractivity contribution >= 4 is 5.91 Å². The highest BCUT2D eigenvalue weighted by molar-refractivity contribution is 5.84. The van der Waals surface area contributed by atoms with Gasteiger partial charge in [0.25, 0.3) is 5.91 Å². The fraction of sp³-hybridized carbons (Fsp3) is 0.800. The third kappa shape index (κ3) is 2.95. The van der Waals surface area contributed by atoms with Gasteiger partial charge in [0.15, 0.2) is 5.82 Å². The van der Waals surface area contributed by atoms with Gasteiger partial charge in [0, 0.05) is 19.6 Å². The first kappa shape index (κ1) is 14.5. The van der Waals surface area contributed by atoms with Gasteiger partial charge in [0.05, 0.1) is 6.54 Å². The predicted octanol–water partition coefficient (Wildman–Crippen LogP) is 2.25. The quantitative estimate of drug-likeness (QED) is 0.851. The molecule has 1 aliphatic carbocycles. The molecule has 1 aliphatic heterocycles. The fourth-order valence-corrected chi connectivity index (χ4v) is 2.94. The van der Waals surface area contributed by atoms with E-state index < -0.39 is 5.60 Å². The summed E-state index contributed by atoms with van der Waals surface area (Å²) in [7, 11) is 1.77. The lowest BCUT2D eigenvalue weighted by molar-refractivity contribution is -0.161. The van der Waals surface area contributed by atoms with Crippen molar-refractivity contribution in [2.45, 2.75) is 63.5 Å². The molecule has 116 valence electrons. The number of aromatic nitrogens is 2. The van der Waals surface area contributed by atoms with Crippen LogP contribution in [0.2, 0.25) is 0 Å². The molecule has 0 N–H and O–H groups in total. The van der Waals surface area contributed by atoms with E-state index in [9.17, 15) is 4.79 Å². The van der Waals surface area contributed by atoms with Crippen LogP contribution in [-0.2, 0) is 16.1 Å². The summed E-state index contributed by atoms with van der Waals surface area (Å²) in [4.78, 5) is 18.6. The molecule has 0 aromatic carbocycles. The molecule has 1 amide bonds. The molecule has 2 heterocycles. The number of carbonyl (C=O) groups is 1. The van der Waals surface area contributed by atoms with Gasteiger partial charge < -0.3 is 14.2 Å². The molecular weight excluding hydrogens is 270 g/mol. The van der Waals surface area contributed by atoms with E-state index in [0.29, 0.717) is 24.9 Å². The summed E-state index contributed by atoms with van der Waals surface area (Å²) in [6.07, 6.45) is 6.32. The molecule has 6 nitrogen and oxygen atoms in total. The second-order valence-corrected chi connectivity index (χ2v) is 6.37. The molecule has 1 unspecified atom stereocenters. The van der Waals surface area contributed by atoms with Crippen molar-refractivity contribution in [3.63, 3.8) is 0 Å². The largest absolute Gasteiger partial charge is 0.365 e. The van der Waals surface area contributed by atoms with Gasteiger partial charge in [-0.15, -0.1) is 0 Å². The zero-order valence-electron chi connectivity index (χ0n) is 12.8. The van der Waals surface area contributed by atoms with Crippen LogP contribution in [0.25, 0.3) is 0 Å². The molecule has 21 heavy (non-hydrogen) atoms. The van der Waals surface area contributed by atoms with Gasteiger partial charge >= 0.3 is 0 Å². The number of ether oxygens (including phenoxy) is 1. The van der Waals surface area contributed by atoms with E-state index >= 15 is 0 Å². The molecule has 2 aliphatic rings. The second-order valence-electron chi connectivity index (χ2n) is 6.37. The van der Waals surface area contributed by atoms with Crippen molar-refractivity contribution in [3.8, 4) is 0 Å². The van der Waals surface area contributed by atoms with Gasteiger partial charge in [-0.25, -0.2) is 0 Å². The van der Waals surface area contributed by atoms with Gasteiger partial charge in [0.2, 0.25) is 5.89 Å². The van der Waals surface area contributed by atoms with Crippen molar-refractivity contribution in [2.75, 3.05) is 13.7 Å². The molecule has 0 spiro atoms. The van der Waals surface area contributed by atoms with Crippen LogP contribution >= 0.6 is 0 Å². The lowest BCUT2D eigenvalue weighted by atomic mass is 9.85. The van der Waals surface area contributed by atoms with Crippen LogP contribution < -0.4 is 0 Å². The van der Waals surface area contributed by atoms with Gasteiger partial charge in [-0.1, -0.05) is 11.6 Å². The Bertz CT molecular complexity index is 504. The average Bonchev–Trinajstić information content (AvgIpc) is 2.84. The molecule has 0 radical (unpaired) electrons. The van der Waals surface area contributed by atoms with E-state index in [1.54, 1.807) is 11.9 Å². The third-order valence-electron chi connectivity index (χ3n) is 4.58. The van der Waals surface area contributed by atoms with Crippen LogP contribution in [0.3, 0.4) is 0 Å². The first-order chi connectivity index (χ1) is 10.1. The average molecular weight is 293 g/mol. The maximum atomic E-state index is 12.5. The maximum absolute atomic E-state index is 12.5. The Morgan fingerprint density at radius 3 is 2.81 bits per heavy atom. The minimum atomic E-state index is -0.701. The van der Waals surface area contributed by atoms with Crippen molar-refractivity contribution in [1.82, 2.24) is 15.0 Å². The topological polar surface area (TPSA) is 68.5 Å². The molecule has 1 aromatic heterocycles. The Balaban J connectivity index is 1.61. The highest BCUT2D eigenvalue weighted by atomic mass is 16.5. The normalized spacial score (nSPS) is 26.4. The van der Waals surface area contributed by atoms with Crippen molar-refractivity contribution < 1.29 is 14.1 Å². The van der Waals surface area contributed by atoms with Crippen LogP contribution in [0.4, 0.5) is 0 Å². The molecule has 1 saturated carbocycles. The Labute approximate surface area is 124 Å². The van der Waals surface area contributed by atoms with E-state index in [2.05, 4.69) is 10.1 Å². The summed E-state index contributed by atoms with van der Waals surface area (Å²) in [6.45, 7) is 2.90. The number of nitrogens with zero attached hydrogens (tertiary/aromatic N) is 3. The summed E-state index contributed by atoms with van der Waals surface area (Å²) in [5.74, 6) is 1.72. The number of hydrogen-bond acceptors (Lipinski definition) is 5. The summed E-state index contributed by atoms with van der Waals surface area (Å²) in [5, 5.41) is 3.99. The summed E-state index contributed by atoms with van der Waals surface area (Å²) in [5.41, 5.74) is -0.701. The molecule has 3 rings (SSSR count). The number of hydrogen-bond donors (Lipinski definition) is 0. The lowest BCUT2D eigenvalue weighted by Crippen LogP contribution is -2.48. The van der Waals surface area contributed by atoms with E-state index in [-0.39, 0.29) is 5.91 Å². The highest BCUT2D eigenvalue weighted by Crippen LogP contribution is 2.35. The van der Waals surface area contributed by atoms with E-state index in [0.717, 1.165) is 38.0 Å². The summed E-state index contributed by atoms with van der Waals surface area (Å²) < 4.78 is 11.0. The SMILES string of the molecule is CN(Cc1noc(C2CCC2)n1)C(=O)C1(C)CCCCO1. The van der Waals surface area contributed by atoms with Crippen molar-refractivity contribution in [2.24, 2.45) is 0 Å². The minimum Gasteiger partial charge on any atom is -0.365 e. The molecule has 1 atom stereocenters. The highest BCUT2D eigenvalue weighted by Gasteiger charge is 2.38. The molecule has 2 fully saturated rings. The summed E-state index contributed by atoms with van der Waals surface area (Å²) >= 11 is 0. The maximum Gasteiger partial charge on any atom is 0.254 e. The standard InChI is InChI=1S/C15H23N3O3/c1-15(8-3-4-9-20-15)14(19)18(2)10-12-16-13(21-17-12)11-6-5-7-11/h11H,3-10H2,1-2H3. The lowest BCUT2D eigenvalue weighted by Gasteiger charge is -2.35. The predicted molar refractivity (Wildman–Crippen MR) is 75.6 cm³/mol. The zero-order valence-corrected chi connectivity index (χ0v) is 12.8. The van der Waals surface area contributed by atoms with Crippen LogP contribution in [0.15, 0.2) is 4.52 Å². The smallest absolute Gasteiger partial charge is 0.254 e. The van der Waals surface area contributed by atoms with Crippen LogP contribution in [0.1, 0.15) is 63.1 Å². The number of likely N-dealkylation sites (N-methyl/N-ethyl adjacent to an activating group) is 1. The van der Waals surface area contributed by atoms with E-state index in [1.807, 2.05) is 6.92 Å². The Kier molecular flexibility index (Phi) is 3.97. The molecule has 6 heteroatoms. The Hall–Kier alpha value is -1.43. The third-order valence-corrected chi connectivity index (χ3v) is 4.58. The minimum absolute atomic E-state index is 0.00260. The summed E-state index contributed by atoms with van der Waals surface area (Å²) in [6, 6.07) is 0. The molecule has 1 saturated heterocycles. The molecular formula is C15H23N3O3. The monoisotopic (exact) mass is 293 g/mol. The number of amides is 1. The second kappa shape index (κ2) is 5.75. The van der Waals surface area contributed by atoms with Gasteiger partial charge in [-0.05, 0) is 39.0 Å². The van der Waals surface area contributed by atoms with Crippen LogP contribution in [0.5, 0.6) is 0 Å². The molecule has 0 bridgehead atoms. The molecule has 1 aromatic rings. The Morgan fingerprint density at radius 1 is 1.38 bits per heavy atom. The van der Waals surface area contributed by atoms with Gasteiger partial charge in [-0.2, -0.15) is 4.98 Å². The fourth-order valence-electron chi connectivity index (χ4n) is 2.94. The van der Waals surface area contributed by atoms with Crippen molar-refractivity contribution in [1.29, 1.82) is 0 Å². The van der Waals surface area contributed by atoms with Crippen LogP contribution in [0, 0.1) is 0 Å². The van der Waals surface area contributed by atoms with Gasteiger partial charge in [0.1, 0.15) is 5.60 Å². The van der Waals surface area contributed by atoms with E-state index in [1.165, 1.54) is 6.42 Å². The number of rotatable bonds is 4. The number of carbonyl (C=O) groups excluding carboxylic acids is 1.